The summed E-state index contributed by atoms with van der Waals surface area (Å²) in [7, 11) is -3.47. The average molecular weight is 473 g/mol. The summed E-state index contributed by atoms with van der Waals surface area (Å²) in [4.78, 5) is 22.1. The van der Waals surface area contributed by atoms with Crippen molar-refractivity contribution in [3.8, 4) is 0 Å². The molecule has 0 saturated carbocycles. The number of alkyl halides is 1. The molecule has 1 atom stereocenters. The van der Waals surface area contributed by atoms with Crippen LogP contribution < -0.4 is 5.32 Å². The van der Waals surface area contributed by atoms with Gasteiger partial charge in [-0.15, -0.1) is 16.5 Å². The number of urea groups is 1. The number of halogens is 1. The minimum absolute atomic E-state index is 0. The van der Waals surface area contributed by atoms with Crippen LogP contribution in [0.4, 0.5) is 4.79 Å². The van der Waals surface area contributed by atoms with E-state index < -0.39 is 19.4 Å². The number of hydrogen-bond acceptors (Lipinski definition) is 6. The average Bonchev–Trinajstić information content (AvgIpc) is 2.36. The largest absolute Gasteiger partial charge is 0.352 e. The fraction of sp³-hybridized carbons (Fsp3) is 0.889. The van der Waals surface area contributed by atoms with Crippen molar-refractivity contribution in [1.29, 1.82) is 0 Å². The van der Waals surface area contributed by atoms with E-state index in [1.807, 2.05) is 0 Å². The van der Waals surface area contributed by atoms with Gasteiger partial charge in [0.05, 0.1) is 25.0 Å². The zero-order chi connectivity index (χ0) is 14.9. The topological polar surface area (TPSA) is 97.3 Å². The molecule has 2 amide bonds. The summed E-state index contributed by atoms with van der Waals surface area (Å²) in [5.74, 6) is -0.846. The van der Waals surface area contributed by atoms with Gasteiger partial charge in [-0.25, -0.2) is 4.79 Å². The third-order valence-corrected chi connectivity index (χ3v) is 4.54. The molecule has 0 aliphatic heterocycles. The molecule has 0 aromatic carbocycles. The number of rotatable bonds is 9. The molecular formula is C9H19ClGdN3O5P. The van der Waals surface area contributed by atoms with E-state index in [9.17, 15) is 14.3 Å². The predicted molar refractivity (Wildman–Crippen MR) is 72.1 cm³/mol. The van der Waals surface area contributed by atoms with Crippen LogP contribution in [-0.4, -0.2) is 42.5 Å². The Morgan fingerprint density at radius 2 is 1.90 bits per heavy atom. The van der Waals surface area contributed by atoms with Gasteiger partial charge < -0.3 is 14.4 Å². The molecule has 1 N–H and O–H groups in total. The first-order valence-electron chi connectivity index (χ1n) is 5.81. The standard InChI is InChI=1S/C9H19ClN3O5P.Gd/c1-4-17-19(16,18-5-2)8(3)11-9(14)13(12-15)7-6-10;/h8H,4-7H2,1-3H3,(H,11,14);. The van der Waals surface area contributed by atoms with Gasteiger partial charge in [-0.05, 0) is 20.8 Å². The van der Waals surface area contributed by atoms with Crippen molar-refractivity contribution in [2.75, 3.05) is 25.6 Å². The number of amides is 2. The Hall–Kier alpha value is 0.635. The summed E-state index contributed by atoms with van der Waals surface area (Å²) in [6.45, 7) is 5.09. The van der Waals surface area contributed by atoms with Crippen molar-refractivity contribution in [2.24, 2.45) is 5.29 Å². The molecule has 0 aliphatic rings. The Kier molecular flexibility index (Phi) is 14.0. The van der Waals surface area contributed by atoms with Crippen LogP contribution in [-0.2, 0) is 13.6 Å². The Balaban J connectivity index is 0. The molecule has 0 spiro atoms. The summed E-state index contributed by atoms with van der Waals surface area (Å²) >= 11 is 5.42. The summed E-state index contributed by atoms with van der Waals surface area (Å²) in [5.41, 5.74) is 0. The van der Waals surface area contributed by atoms with Gasteiger partial charge in [0, 0.05) is 45.8 Å². The smallest absolute Gasteiger partial charge is 0.322 e. The van der Waals surface area contributed by atoms with Crippen molar-refractivity contribution in [3.63, 3.8) is 0 Å². The van der Waals surface area contributed by atoms with Crippen LogP contribution in [0.3, 0.4) is 0 Å². The normalized spacial score (nSPS) is 12.2. The monoisotopic (exact) mass is 473 g/mol. The zero-order valence-electron chi connectivity index (χ0n) is 11.5. The molecule has 0 rings (SSSR count). The Bertz CT molecular complexity index is 340. The number of carbonyl (C=O) groups is 1. The van der Waals surface area contributed by atoms with Gasteiger partial charge in [-0.1, -0.05) is 0 Å². The molecule has 8 nitrogen and oxygen atoms in total. The molecule has 20 heavy (non-hydrogen) atoms. The summed E-state index contributed by atoms with van der Waals surface area (Å²) < 4.78 is 22.4. The second kappa shape index (κ2) is 12.2. The molecule has 0 heterocycles. The number of nitrogens with one attached hydrogen (secondary N) is 1. The van der Waals surface area contributed by atoms with Crippen LogP contribution in [0, 0.1) is 44.8 Å². The molecule has 120 valence electrons. The van der Waals surface area contributed by atoms with E-state index in [4.69, 9.17) is 20.6 Å². The zero-order valence-corrected chi connectivity index (χ0v) is 15.4. The van der Waals surface area contributed by atoms with Gasteiger partial charge in [0.25, 0.3) is 0 Å². The molecule has 0 aromatic heterocycles. The van der Waals surface area contributed by atoms with Crippen molar-refractivity contribution in [3.05, 3.63) is 4.91 Å². The Morgan fingerprint density at radius 1 is 1.40 bits per heavy atom. The van der Waals surface area contributed by atoms with E-state index >= 15 is 0 Å². The first-order valence-corrected chi connectivity index (χ1v) is 7.95. The molecule has 0 fully saturated rings. The minimum Gasteiger partial charge on any atom is -0.322 e. The van der Waals surface area contributed by atoms with E-state index in [1.54, 1.807) is 13.8 Å². The van der Waals surface area contributed by atoms with Crippen LogP contribution in [0.2, 0.25) is 0 Å². The van der Waals surface area contributed by atoms with Gasteiger partial charge in [0.1, 0.15) is 5.78 Å². The third kappa shape index (κ3) is 7.59. The Morgan fingerprint density at radius 3 is 2.25 bits per heavy atom. The molecular weight excluding hydrogens is 454 g/mol. The van der Waals surface area contributed by atoms with E-state index in [1.165, 1.54) is 6.92 Å². The number of carbonyl (C=O) groups excluding carboxylic acids is 1. The van der Waals surface area contributed by atoms with Gasteiger partial charge in [-0.2, -0.15) is 5.01 Å². The fourth-order valence-corrected chi connectivity index (χ4v) is 2.88. The van der Waals surface area contributed by atoms with Crippen molar-refractivity contribution < 1.29 is 58.3 Å². The number of hydrogen-bond donors (Lipinski definition) is 1. The second-order valence-electron chi connectivity index (χ2n) is 3.39. The summed E-state index contributed by atoms with van der Waals surface area (Å²) in [6.07, 6.45) is 0. The molecule has 0 saturated heterocycles. The minimum atomic E-state index is -3.47. The van der Waals surface area contributed by atoms with Gasteiger partial charge in [-0.3, -0.25) is 4.57 Å². The van der Waals surface area contributed by atoms with Crippen molar-refractivity contribution >= 4 is 25.2 Å². The van der Waals surface area contributed by atoms with E-state index in [0.717, 1.165) is 0 Å². The van der Waals surface area contributed by atoms with Crippen molar-refractivity contribution in [1.82, 2.24) is 10.3 Å². The maximum absolute atomic E-state index is 12.3. The first kappa shape index (κ1) is 22.9. The first-order chi connectivity index (χ1) is 8.95. The van der Waals surface area contributed by atoms with E-state index in [2.05, 4.69) is 10.6 Å². The van der Waals surface area contributed by atoms with Crippen LogP contribution in [0.1, 0.15) is 20.8 Å². The van der Waals surface area contributed by atoms with Crippen LogP contribution in [0.25, 0.3) is 0 Å². The summed E-state index contributed by atoms with van der Waals surface area (Å²) in [5, 5.41) is 5.47. The SMILES string of the molecule is CCOP(=O)(OCC)C(C)NC(=O)N(CCCl)N=O.[Gd]. The van der Waals surface area contributed by atoms with Gasteiger partial charge in [0.2, 0.25) is 0 Å². The Labute approximate surface area is 155 Å². The molecule has 0 aliphatic carbocycles. The van der Waals surface area contributed by atoms with Gasteiger partial charge in [0.15, 0.2) is 0 Å². The maximum atomic E-state index is 12.3. The maximum Gasteiger partial charge on any atom is 0.352 e. The molecule has 0 aromatic rings. The molecule has 0 bridgehead atoms. The quantitative estimate of drug-likeness (QED) is 0.241. The summed E-state index contributed by atoms with van der Waals surface area (Å²) in [6, 6.07) is -0.803. The van der Waals surface area contributed by atoms with Crippen LogP contribution in [0.5, 0.6) is 0 Å². The number of nitroso groups, excluding NO2 is 1. The van der Waals surface area contributed by atoms with Crippen molar-refractivity contribution in [2.45, 2.75) is 26.6 Å². The number of nitrogens with zero attached hydrogens (tertiary/aromatic N) is 2. The molecule has 11 heteroatoms. The molecule has 0 radical (unpaired) electrons. The molecule has 1 unspecified atom stereocenters. The third-order valence-electron chi connectivity index (χ3n) is 2.05. The van der Waals surface area contributed by atoms with Crippen LogP contribution >= 0.6 is 19.2 Å². The van der Waals surface area contributed by atoms with E-state index in [0.29, 0.717) is 5.01 Å². The second-order valence-corrected chi connectivity index (χ2v) is 6.14. The predicted octanol–water partition coefficient (Wildman–Crippen LogP) is 2.53. The van der Waals surface area contributed by atoms with Gasteiger partial charge >= 0.3 is 13.6 Å². The van der Waals surface area contributed by atoms with E-state index in [-0.39, 0.29) is 65.6 Å². The van der Waals surface area contributed by atoms with Crippen LogP contribution in [0.15, 0.2) is 5.29 Å². The fourth-order valence-electron chi connectivity index (χ4n) is 1.21.